The minimum atomic E-state index is -0.350. The van der Waals surface area contributed by atoms with Crippen LogP contribution in [0.5, 0.6) is 23.0 Å². The number of aromatic nitrogens is 6. The minimum absolute atomic E-state index is 0.135. The molecule has 5 aromatic carbocycles. The van der Waals surface area contributed by atoms with Crippen LogP contribution in [0.25, 0.3) is 44.1 Å². The molecule has 0 saturated heterocycles. The van der Waals surface area contributed by atoms with Crippen molar-refractivity contribution in [1.29, 1.82) is 0 Å². The highest BCUT2D eigenvalue weighted by Crippen LogP contribution is 2.49. The maximum Gasteiger partial charge on any atom is 0.247 e. The fourth-order valence-corrected chi connectivity index (χ4v) is 11.1. The number of amides is 2. The summed E-state index contributed by atoms with van der Waals surface area (Å²) in [6, 6.07) is 30.0. The van der Waals surface area contributed by atoms with E-state index in [2.05, 4.69) is 56.2 Å². The molecule has 10 aromatic rings. The predicted octanol–water partition coefficient (Wildman–Crippen LogP) is 15.5. The van der Waals surface area contributed by atoms with Gasteiger partial charge in [-0.15, -0.1) is 0 Å². The molecule has 10 rings (SSSR count). The van der Waals surface area contributed by atoms with E-state index in [9.17, 15) is 9.59 Å². The van der Waals surface area contributed by atoms with E-state index in [4.69, 9.17) is 85.3 Å². The molecule has 0 saturated carbocycles. The second kappa shape index (κ2) is 26.8. The van der Waals surface area contributed by atoms with Crippen LogP contribution in [0.4, 0.5) is 46.0 Å². The molecule has 0 unspecified atom stereocenters. The predicted molar refractivity (Wildman–Crippen MR) is 350 cm³/mol. The van der Waals surface area contributed by atoms with Gasteiger partial charge in [0.1, 0.15) is 52.9 Å². The van der Waals surface area contributed by atoms with Crippen LogP contribution >= 0.6 is 46.4 Å². The van der Waals surface area contributed by atoms with Crippen molar-refractivity contribution < 1.29 is 28.5 Å². The van der Waals surface area contributed by atoms with E-state index in [-0.39, 0.29) is 38.5 Å². The van der Waals surface area contributed by atoms with Crippen molar-refractivity contribution in [3.05, 3.63) is 195 Å². The number of methoxy groups -OCH3 is 3. The van der Waals surface area contributed by atoms with Crippen LogP contribution in [0.1, 0.15) is 27.8 Å². The van der Waals surface area contributed by atoms with Crippen LogP contribution in [-0.2, 0) is 36.2 Å². The number of ether oxygens (including phenoxy) is 4. The van der Waals surface area contributed by atoms with E-state index in [0.717, 1.165) is 49.4 Å². The number of pyridine rings is 4. The third kappa shape index (κ3) is 13.4. The second-order valence-corrected chi connectivity index (χ2v) is 21.5. The zero-order valence-electron chi connectivity index (χ0n) is 48.1. The van der Waals surface area contributed by atoms with Gasteiger partial charge in [-0.3, -0.25) is 14.3 Å². The third-order valence-electron chi connectivity index (χ3n) is 14.1. The highest BCUT2D eigenvalue weighted by atomic mass is 35.5. The fraction of sp³-hybridized carbons (Fsp3) is 0.154. The Balaban J connectivity index is 0.927. The maximum absolute atomic E-state index is 12.4. The normalized spacial score (nSPS) is 11.0. The van der Waals surface area contributed by atoms with Gasteiger partial charge in [-0.25, -0.2) is 19.9 Å². The molecule has 0 aliphatic heterocycles. The number of carbonyl (C=O) groups excluding carboxylic acids is 2. The van der Waals surface area contributed by atoms with Crippen LogP contribution in [0, 0.1) is 13.8 Å². The average molecular weight is 1250 g/mol. The van der Waals surface area contributed by atoms with Gasteiger partial charge in [0.2, 0.25) is 11.8 Å². The summed E-state index contributed by atoms with van der Waals surface area (Å²) in [6.07, 6.45) is 10.1. The van der Waals surface area contributed by atoms with E-state index >= 15 is 0 Å². The van der Waals surface area contributed by atoms with Crippen LogP contribution in [0.2, 0.25) is 20.1 Å². The first-order valence-electron chi connectivity index (χ1n) is 27.1. The number of rotatable bonds is 23. The lowest BCUT2D eigenvalue weighted by molar-refractivity contribution is -0.112. The Labute approximate surface area is 521 Å². The molecular formula is C65H58Cl4N12O6. The van der Waals surface area contributed by atoms with Crippen LogP contribution in [0.3, 0.4) is 0 Å². The van der Waals surface area contributed by atoms with E-state index in [1.807, 2.05) is 93.8 Å². The van der Waals surface area contributed by atoms with Crippen molar-refractivity contribution >= 4 is 126 Å². The Morgan fingerprint density at radius 1 is 0.586 bits per heavy atom. The molecule has 5 heterocycles. The van der Waals surface area contributed by atoms with E-state index in [1.54, 1.807) is 47.5 Å². The lowest BCUT2D eigenvalue weighted by Gasteiger charge is -2.18. The van der Waals surface area contributed by atoms with Gasteiger partial charge in [-0.1, -0.05) is 108 Å². The number of hydrogen-bond acceptors (Lipinski definition) is 15. The summed E-state index contributed by atoms with van der Waals surface area (Å²) in [6.45, 7) is 12.0. The molecule has 0 radical (unpaired) electrons. The molecule has 0 spiro atoms. The highest BCUT2D eigenvalue weighted by Gasteiger charge is 2.25. The Morgan fingerprint density at radius 2 is 1.07 bits per heavy atom. The molecule has 22 heteroatoms. The summed E-state index contributed by atoms with van der Waals surface area (Å²) in [5.41, 5.74) is 8.71. The van der Waals surface area contributed by atoms with Crippen LogP contribution in [0.15, 0.2) is 147 Å². The second-order valence-electron chi connectivity index (χ2n) is 20.0. The van der Waals surface area contributed by atoms with E-state index in [1.165, 1.54) is 33.5 Å². The molecule has 5 aromatic heterocycles. The smallest absolute Gasteiger partial charge is 0.247 e. The molecule has 6 N–H and O–H groups in total. The number of halogens is 4. The summed E-state index contributed by atoms with van der Waals surface area (Å²) < 4.78 is 25.3. The number of aryl methyl sites for hydroxylation is 3. The highest BCUT2D eigenvalue weighted by molar-refractivity contribution is 6.42. The number of anilines is 8. The Morgan fingerprint density at radius 3 is 1.56 bits per heavy atom. The first-order valence-corrected chi connectivity index (χ1v) is 28.6. The summed E-state index contributed by atoms with van der Waals surface area (Å²) >= 11 is 28.4. The number of benzene rings is 5. The monoisotopic (exact) mass is 1240 g/mol. The molecule has 0 aliphatic rings. The average Bonchev–Trinajstić information content (AvgIpc) is 3.80. The quantitative estimate of drug-likeness (QED) is 0.0329. The zero-order valence-corrected chi connectivity index (χ0v) is 51.1. The summed E-state index contributed by atoms with van der Waals surface area (Å²) in [5, 5.41) is 27.9. The van der Waals surface area contributed by atoms with Gasteiger partial charge in [-0.05, 0) is 91.1 Å². The molecule has 2 amide bonds. The summed E-state index contributed by atoms with van der Waals surface area (Å²) in [7, 11) is 6.40. The molecule has 18 nitrogen and oxygen atoms in total. The molecule has 0 atom stereocenters. The lowest BCUT2D eigenvalue weighted by atomic mass is 10.1. The Kier molecular flexibility index (Phi) is 18.6. The first-order chi connectivity index (χ1) is 42.1. The van der Waals surface area contributed by atoms with Crippen molar-refractivity contribution in [2.75, 3.05) is 59.8 Å². The molecule has 87 heavy (non-hydrogen) atoms. The number of para-hydroxylation sites is 2. The molecule has 0 aliphatic carbocycles. The fourth-order valence-electron chi connectivity index (χ4n) is 9.74. The van der Waals surface area contributed by atoms with Gasteiger partial charge in [0.05, 0.1) is 81.8 Å². The minimum Gasteiger partial charge on any atom is -0.495 e. The van der Waals surface area contributed by atoms with E-state index < -0.39 is 0 Å². The van der Waals surface area contributed by atoms with Crippen molar-refractivity contribution in [3.63, 3.8) is 0 Å². The molecule has 0 bridgehead atoms. The Hall–Kier alpha value is -9.59. The number of nitrogens with zero attached hydrogens (tertiary/aromatic N) is 6. The van der Waals surface area contributed by atoms with Crippen LogP contribution < -0.4 is 50.8 Å². The zero-order chi connectivity index (χ0) is 61.5. The SMILES string of the molecule is C=CC(=O)Nc1cccc(C)c1Nc1cc2c(NCCc3cccc(COc4cc(OC)c(Cl)c(-c5cc6cnc(Nc7c(C)cccc7NC(=O)C=C)cc6c(NCc6cnn(C)c6)n5)c4Cl)c3)nc(-c3c(Cl)c(OC)cc(OC)c3Cl)cc2cn1. The number of fused-ring (bicyclic) bond motifs is 2. The van der Waals surface area contributed by atoms with Gasteiger partial charge < -0.3 is 50.8 Å². The van der Waals surface area contributed by atoms with Gasteiger partial charge >= 0.3 is 0 Å². The van der Waals surface area contributed by atoms with Gasteiger partial charge in [0.15, 0.2) is 0 Å². The van der Waals surface area contributed by atoms with Crippen molar-refractivity contribution in [2.24, 2.45) is 7.05 Å². The maximum atomic E-state index is 12.4. The number of nitrogens with one attached hydrogen (secondary N) is 6. The number of hydrogen-bond donors (Lipinski definition) is 6. The largest absolute Gasteiger partial charge is 0.495 e. The van der Waals surface area contributed by atoms with Crippen molar-refractivity contribution in [1.82, 2.24) is 29.7 Å². The number of carbonyl (C=O) groups is 2. The van der Waals surface area contributed by atoms with Crippen molar-refractivity contribution in [3.8, 4) is 45.5 Å². The first kappa shape index (κ1) is 60.5. The standard InChI is InChI=1S/C65H58Cl4N12O6/c1-9-54(82)75-44-18-11-14-35(3)62(44)79-52-25-42-40(31-71-52)23-46(56-58(66)48(84-6)27-49(85-7)59(56)67)77-64(42)70-21-20-37-16-13-17-38(22-37)34-87-51-28-50(86-8)60(68)57(61(51)69)47-24-41-32-72-53(80-63-36(4)15-12-19-45(63)76-55(83)10-2)26-43(41)65(78-47)73-29-39-30-74-81(5)33-39/h9-19,22-28,30-33H,1-2,20-21,29,34H2,3-8H3,(H,70,77)(H,71,79)(H,72,80)(H,73,78)(H,75,82)(H,76,83). The molecule has 0 fully saturated rings. The lowest BCUT2D eigenvalue weighted by Crippen LogP contribution is -2.10. The van der Waals surface area contributed by atoms with Crippen molar-refractivity contribution in [2.45, 2.75) is 33.4 Å². The Bertz CT molecular complexity index is 4300. The third-order valence-corrected chi connectivity index (χ3v) is 15.6. The topological polar surface area (TPSA) is 213 Å². The van der Waals surface area contributed by atoms with Gasteiger partial charge in [-0.2, -0.15) is 5.10 Å². The van der Waals surface area contributed by atoms with Gasteiger partial charge in [0, 0.05) is 89.1 Å². The molecule has 442 valence electrons. The van der Waals surface area contributed by atoms with E-state index in [0.29, 0.717) is 111 Å². The van der Waals surface area contributed by atoms with Gasteiger partial charge in [0.25, 0.3) is 0 Å². The summed E-state index contributed by atoms with van der Waals surface area (Å²) in [5.74, 6) is 2.70. The summed E-state index contributed by atoms with van der Waals surface area (Å²) in [4.78, 5) is 44.6. The van der Waals surface area contributed by atoms with Crippen LogP contribution in [-0.4, -0.2) is 69.4 Å². The molecular weight excluding hydrogens is 1190 g/mol.